The third-order valence-corrected chi connectivity index (χ3v) is 2.10. The Morgan fingerprint density at radius 3 is 1.17 bits per heavy atom. The lowest BCUT2D eigenvalue weighted by molar-refractivity contribution is -0.144. The molecule has 10 N–H and O–H groups in total. The van der Waals surface area contributed by atoms with Crippen LogP contribution >= 0.6 is 0 Å². The van der Waals surface area contributed by atoms with E-state index in [2.05, 4.69) is 0 Å². The van der Waals surface area contributed by atoms with Crippen molar-refractivity contribution in [1.29, 1.82) is 0 Å². The Hall–Kier alpha value is -2.24. The predicted molar refractivity (Wildman–Crippen MR) is 79.6 cm³/mol. The molecule has 0 aromatic rings. The summed E-state index contributed by atoms with van der Waals surface area (Å²) in [4.78, 5) is 39.2. The summed E-state index contributed by atoms with van der Waals surface area (Å²) < 4.78 is 0. The van der Waals surface area contributed by atoms with E-state index in [0.29, 0.717) is 0 Å². The minimum atomic E-state index is -1.29. The lowest BCUT2D eigenvalue weighted by Crippen LogP contribution is -2.34. The first-order valence-corrected chi connectivity index (χ1v) is 6.40. The number of carboxylic acids is 4. The molecule has 0 bridgehead atoms. The van der Waals surface area contributed by atoms with Gasteiger partial charge in [0.25, 0.3) is 0 Å². The van der Waals surface area contributed by atoms with Crippen molar-refractivity contribution in [1.82, 2.24) is 0 Å². The van der Waals surface area contributed by atoms with E-state index in [1.807, 2.05) is 0 Å². The van der Waals surface area contributed by atoms with Gasteiger partial charge >= 0.3 is 23.9 Å². The summed E-state index contributed by atoms with van der Waals surface area (Å²) in [5, 5.41) is 32.1. The average molecular weight is 339 g/mol. The van der Waals surface area contributed by atoms with Crippen LogP contribution in [0.5, 0.6) is 0 Å². The number of hydrogen-bond acceptors (Lipinski definition) is 7. The summed E-state index contributed by atoms with van der Waals surface area (Å²) in [6, 6.07) is -2.73. The van der Waals surface area contributed by atoms with Crippen LogP contribution in [0.2, 0.25) is 0 Å². The van der Waals surface area contributed by atoms with Crippen LogP contribution in [0.1, 0.15) is 27.2 Å². The molecule has 0 aromatic heterocycles. The SMILES string of the molecule is CC(C)[C@H](N)C(=O)O.C[C@H](N)C(=O)O.N[C@@H](CC(=O)O)C(=O)O. The van der Waals surface area contributed by atoms with E-state index in [1.54, 1.807) is 13.8 Å². The van der Waals surface area contributed by atoms with E-state index < -0.39 is 48.4 Å². The second-order valence-corrected chi connectivity index (χ2v) is 4.78. The molecule has 0 aromatic carbocycles. The molecule has 136 valence electrons. The number of hydrogen-bond donors (Lipinski definition) is 7. The highest BCUT2D eigenvalue weighted by atomic mass is 16.4. The van der Waals surface area contributed by atoms with Crippen molar-refractivity contribution >= 4 is 23.9 Å². The minimum absolute atomic E-state index is 0.0208. The topological polar surface area (TPSA) is 227 Å². The van der Waals surface area contributed by atoms with Crippen LogP contribution in [-0.4, -0.2) is 62.4 Å². The van der Waals surface area contributed by atoms with Gasteiger partial charge in [-0.05, 0) is 12.8 Å². The summed E-state index contributed by atoms with van der Waals surface area (Å²) in [6.07, 6.45) is -0.532. The third kappa shape index (κ3) is 19.8. The first-order valence-electron chi connectivity index (χ1n) is 6.40. The maximum atomic E-state index is 10.0. The molecular formula is C12H25N3O8. The fourth-order valence-electron chi connectivity index (χ4n) is 0.561. The molecule has 0 unspecified atom stereocenters. The van der Waals surface area contributed by atoms with Gasteiger partial charge in [-0.15, -0.1) is 0 Å². The smallest absolute Gasteiger partial charge is 0.321 e. The van der Waals surface area contributed by atoms with Gasteiger partial charge in [0.05, 0.1) is 6.42 Å². The Balaban J connectivity index is -0.000000266. The Morgan fingerprint density at radius 1 is 0.783 bits per heavy atom. The molecule has 3 atom stereocenters. The Bertz CT molecular complexity index is 398. The maximum absolute atomic E-state index is 10.0. The summed E-state index contributed by atoms with van der Waals surface area (Å²) in [6.45, 7) is 4.97. The van der Waals surface area contributed by atoms with Crippen molar-refractivity contribution < 1.29 is 39.6 Å². The zero-order valence-electron chi connectivity index (χ0n) is 13.2. The van der Waals surface area contributed by atoms with Gasteiger partial charge in [0.1, 0.15) is 18.1 Å². The zero-order chi connectivity index (χ0) is 19.3. The first-order chi connectivity index (χ1) is 10.2. The summed E-state index contributed by atoms with van der Waals surface area (Å²) in [5.41, 5.74) is 14.8. The van der Waals surface area contributed by atoms with Gasteiger partial charge in [-0.1, -0.05) is 13.8 Å². The summed E-state index contributed by atoms with van der Waals surface area (Å²) in [5.74, 6) is -4.37. The lowest BCUT2D eigenvalue weighted by Gasteiger charge is -2.07. The Kier molecular flexibility index (Phi) is 15.0. The largest absolute Gasteiger partial charge is 0.481 e. The molecule has 0 rings (SSSR count). The van der Waals surface area contributed by atoms with Crippen LogP contribution in [0.3, 0.4) is 0 Å². The van der Waals surface area contributed by atoms with Crippen molar-refractivity contribution in [3.8, 4) is 0 Å². The van der Waals surface area contributed by atoms with Gasteiger partial charge in [-0.2, -0.15) is 0 Å². The van der Waals surface area contributed by atoms with Crippen LogP contribution in [0.4, 0.5) is 0 Å². The molecule has 0 aliphatic carbocycles. The highest BCUT2D eigenvalue weighted by Crippen LogP contribution is 1.96. The van der Waals surface area contributed by atoms with Crippen LogP contribution < -0.4 is 17.2 Å². The molecule has 23 heavy (non-hydrogen) atoms. The Morgan fingerprint density at radius 2 is 1.13 bits per heavy atom. The molecule has 11 heteroatoms. The predicted octanol–water partition coefficient (Wildman–Crippen LogP) is -1.65. The lowest BCUT2D eigenvalue weighted by atomic mass is 10.1. The van der Waals surface area contributed by atoms with Crippen LogP contribution in [0.15, 0.2) is 0 Å². The molecule has 0 heterocycles. The molecule has 0 aliphatic heterocycles. The molecule has 0 fully saturated rings. The average Bonchev–Trinajstić information content (AvgIpc) is 2.37. The second-order valence-electron chi connectivity index (χ2n) is 4.78. The van der Waals surface area contributed by atoms with Crippen molar-refractivity contribution in [3.63, 3.8) is 0 Å². The van der Waals surface area contributed by atoms with Crippen LogP contribution in [0.25, 0.3) is 0 Å². The third-order valence-electron chi connectivity index (χ3n) is 2.10. The zero-order valence-corrected chi connectivity index (χ0v) is 13.2. The van der Waals surface area contributed by atoms with Gasteiger partial charge < -0.3 is 37.6 Å². The molecule has 11 nitrogen and oxygen atoms in total. The number of aliphatic carboxylic acids is 4. The van der Waals surface area contributed by atoms with E-state index in [0.717, 1.165) is 0 Å². The highest BCUT2D eigenvalue weighted by Gasteiger charge is 2.15. The second kappa shape index (κ2) is 13.4. The van der Waals surface area contributed by atoms with Crippen molar-refractivity contribution in [2.45, 2.75) is 45.3 Å². The first kappa shape index (κ1) is 25.7. The van der Waals surface area contributed by atoms with E-state index >= 15 is 0 Å². The molecule has 0 amide bonds. The van der Waals surface area contributed by atoms with Crippen LogP contribution in [0, 0.1) is 5.92 Å². The monoisotopic (exact) mass is 339 g/mol. The Labute approximate surface area is 133 Å². The highest BCUT2D eigenvalue weighted by molar-refractivity contribution is 5.80. The van der Waals surface area contributed by atoms with Gasteiger partial charge in [0.2, 0.25) is 0 Å². The minimum Gasteiger partial charge on any atom is -0.481 e. The van der Waals surface area contributed by atoms with E-state index in [-0.39, 0.29) is 5.92 Å². The summed E-state index contributed by atoms with van der Waals surface area (Å²) in [7, 11) is 0. The number of rotatable bonds is 6. The van der Waals surface area contributed by atoms with Crippen LogP contribution in [-0.2, 0) is 19.2 Å². The van der Waals surface area contributed by atoms with E-state index in [1.165, 1.54) is 6.92 Å². The molecule has 0 aliphatic rings. The van der Waals surface area contributed by atoms with Gasteiger partial charge in [0.15, 0.2) is 0 Å². The molecule has 0 saturated carbocycles. The summed E-state index contributed by atoms with van der Waals surface area (Å²) >= 11 is 0. The fourth-order valence-corrected chi connectivity index (χ4v) is 0.561. The van der Waals surface area contributed by atoms with Crippen molar-refractivity contribution in [2.24, 2.45) is 23.1 Å². The van der Waals surface area contributed by atoms with E-state index in [9.17, 15) is 19.2 Å². The molecule has 0 spiro atoms. The molecule has 0 radical (unpaired) electrons. The molecular weight excluding hydrogens is 314 g/mol. The number of nitrogens with two attached hydrogens (primary N) is 3. The van der Waals surface area contributed by atoms with Gasteiger partial charge in [-0.3, -0.25) is 19.2 Å². The number of carboxylic acid groups (broad SMARTS) is 4. The van der Waals surface area contributed by atoms with Gasteiger partial charge in [-0.25, -0.2) is 0 Å². The quantitative estimate of drug-likeness (QED) is 0.289. The van der Waals surface area contributed by atoms with Crippen molar-refractivity contribution in [3.05, 3.63) is 0 Å². The fraction of sp³-hybridized carbons (Fsp3) is 0.667. The molecule has 0 saturated heterocycles. The van der Waals surface area contributed by atoms with Crippen molar-refractivity contribution in [2.75, 3.05) is 0 Å². The maximum Gasteiger partial charge on any atom is 0.321 e. The standard InChI is InChI=1S/C5H11NO2.C4H7NO4.C3H7NO2/c1-3(2)4(6)5(7)8;5-2(4(8)9)1-3(6)7;1-2(4)3(5)6/h3-4H,6H2,1-2H3,(H,7,8);2H,1,5H2,(H,6,7)(H,8,9);2H,4H2,1H3,(H,5,6)/t4-;2*2-/m000/s1. The van der Waals surface area contributed by atoms with Gasteiger partial charge in [0, 0.05) is 0 Å². The van der Waals surface area contributed by atoms with E-state index in [4.69, 9.17) is 37.6 Å². The normalized spacial score (nSPS) is 13.3. The number of carbonyl (C=O) groups is 4.